The van der Waals surface area contributed by atoms with Gasteiger partial charge < -0.3 is 15.2 Å². The van der Waals surface area contributed by atoms with E-state index in [2.05, 4.69) is 0 Å². The lowest BCUT2D eigenvalue weighted by molar-refractivity contribution is -0.0158. The largest absolute Gasteiger partial charge is 0.459 e. The second-order valence-electron chi connectivity index (χ2n) is 4.07. The number of carbonyl (C=O) groups excluding carboxylic acids is 1. The average Bonchev–Trinajstić information content (AvgIpc) is 2.35. The highest BCUT2D eigenvalue weighted by atomic mass is 19.2. The predicted molar refractivity (Wildman–Crippen MR) is 60.0 cm³/mol. The fourth-order valence-corrected chi connectivity index (χ4v) is 1.75. The van der Waals surface area contributed by atoms with Crippen molar-refractivity contribution in [1.29, 1.82) is 0 Å². The zero-order chi connectivity index (χ0) is 13.1. The Hall–Kier alpha value is -1.69. The van der Waals surface area contributed by atoms with Crippen molar-refractivity contribution in [2.45, 2.75) is 18.9 Å². The maximum absolute atomic E-state index is 13.0. The third kappa shape index (κ3) is 2.76. The SMILES string of the molecule is Nc1cc(F)c(F)cc1C(=O)OC1CCOCC1. The van der Waals surface area contributed by atoms with Crippen LogP contribution in [0.3, 0.4) is 0 Å². The molecule has 18 heavy (non-hydrogen) atoms. The fraction of sp³-hybridized carbons (Fsp3) is 0.417. The van der Waals surface area contributed by atoms with Gasteiger partial charge in [-0.25, -0.2) is 13.6 Å². The highest BCUT2D eigenvalue weighted by Crippen LogP contribution is 2.20. The van der Waals surface area contributed by atoms with Crippen molar-refractivity contribution < 1.29 is 23.0 Å². The summed E-state index contributed by atoms with van der Waals surface area (Å²) in [5.74, 6) is -2.95. The Morgan fingerprint density at radius 2 is 1.89 bits per heavy atom. The Kier molecular flexibility index (Phi) is 3.76. The van der Waals surface area contributed by atoms with Crippen LogP contribution in [0.5, 0.6) is 0 Å². The number of benzene rings is 1. The molecule has 0 aromatic heterocycles. The van der Waals surface area contributed by atoms with Gasteiger partial charge in [0, 0.05) is 24.6 Å². The molecular weight excluding hydrogens is 244 g/mol. The van der Waals surface area contributed by atoms with Crippen LogP contribution in [0, 0.1) is 11.6 Å². The molecular formula is C12H13F2NO3. The van der Waals surface area contributed by atoms with Crippen LogP contribution in [0.4, 0.5) is 14.5 Å². The second-order valence-corrected chi connectivity index (χ2v) is 4.07. The van der Waals surface area contributed by atoms with E-state index in [1.165, 1.54) is 0 Å². The van der Waals surface area contributed by atoms with Crippen molar-refractivity contribution in [3.63, 3.8) is 0 Å². The van der Waals surface area contributed by atoms with E-state index >= 15 is 0 Å². The number of hydrogen-bond acceptors (Lipinski definition) is 4. The molecule has 1 aromatic carbocycles. The van der Waals surface area contributed by atoms with Gasteiger partial charge in [-0.15, -0.1) is 0 Å². The molecule has 2 rings (SSSR count). The fourth-order valence-electron chi connectivity index (χ4n) is 1.75. The standard InChI is InChI=1S/C12H13F2NO3/c13-9-5-8(11(15)6-10(9)14)12(16)18-7-1-3-17-4-2-7/h5-7H,1-4,15H2. The van der Waals surface area contributed by atoms with Crippen LogP contribution < -0.4 is 5.73 Å². The van der Waals surface area contributed by atoms with E-state index in [0.29, 0.717) is 26.1 Å². The lowest BCUT2D eigenvalue weighted by atomic mass is 10.1. The Bertz CT molecular complexity index is 459. The molecule has 0 amide bonds. The lowest BCUT2D eigenvalue weighted by Crippen LogP contribution is -2.26. The topological polar surface area (TPSA) is 61.6 Å². The number of anilines is 1. The Morgan fingerprint density at radius 1 is 1.28 bits per heavy atom. The molecule has 0 unspecified atom stereocenters. The quantitative estimate of drug-likeness (QED) is 0.649. The van der Waals surface area contributed by atoms with E-state index in [4.69, 9.17) is 15.2 Å². The molecule has 0 bridgehead atoms. The number of rotatable bonds is 2. The number of esters is 1. The first-order valence-corrected chi connectivity index (χ1v) is 5.61. The van der Waals surface area contributed by atoms with E-state index in [0.717, 1.165) is 12.1 Å². The molecule has 0 saturated carbocycles. The normalized spacial score (nSPS) is 16.6. The van der Waals surface area contributed by atoms with E-state index < -0.39 is 17.6 Å². The summed E-state index contributed by atoms with van der Waals surface area (Å²) < 4.78 is 36.2. The van der Waals surface area contributed by atoms with Gasteiger partial charge in [0.1, 0.15) is 6.10 Å². The predicted octanol–water partition coefficient (Wildman–Crippen LogP) is 1.88. The zero-order valence-electron chi connectivity index (χ0n) is 9.62. The van der Waals surface area contributed by atoms with Gasteiger partial charge in [0.15, 0.2) is 11.6 Å². The number of halogens is 2. The lowest BCUT2D eigenvalue weighted by Gasteiger charge is -2.22. The molecule has 0 atom stereocenters. The minimum atomic E-state index is -1.12. The first-order chi connectivity index (χ1) is 8.58. The van der Waals surface area contributed by atoms with Crippen molar-refractivity contribution in [2.75, 3.05) is 18.9 Å². The van der Waals surface area contributed by atoms with Crippen LogP contribution in [0.1, 0.15) is 23.2 Å². The third-order valence-electron chi connectivity index (χ3n) is 2.75. The van der Waals surface area contributed by atoms with Crippen LogP contribution in [0.25, 0.3) is 0 Å². The van der Waals surface area contributed by atoms with Gasteiger partial charge in [-0.1, -0.05) is 0 Å². The van der Waals surface area contributed by atoms with Crippen LogP contribution in [-0.4, -0.2) is 25.3 Å². The van der Waals surface area contributed by atoms with Crippen molar-refractivity contribution in [3.05, 3.63) is 29.3 Å². The van der Waals surface area contributed by atoms with Crippen molar-refractivity contribution in [3.8, 4) is 0 Å². The van der Waals surface area contributed by atoms with Crippen LogP contribution in [-0.2, 0) is 9.47 Å². The zero-order valence-corrected chi connectivity index (χ0v) is 9.62. The number of nitrogens with two attached hydrogens (primary N) is 1. The second kappa shape index (κ2) is 5.30. The van der Waals surface area contributed by atoms with Gasteiger partial charge >= 0.3 is 5.97 Å². The molecule has 1 aliphatic heterocycles. The van der Waals surface area contributed by atoms with Crippen LogP contribution in [0.15, 0.2) is 12.1 Å². The summed E-state index contributed by atoms with van der Waals surface area (Å²) in [5.41, 5.74) is 5.18. The summed E-state index contributed by atoms with van der Waals surface area (Å²) in [5, 5.41) is 0. The number of carbonyl (C=O) groups is 1. The van der Waals surface area contributed by atoms with Gasteiger partial charge in [-0.2, -0.15) is 0 Å². The average molecular weight is 257 g/mol. The van der Waals surface area contributed by atoms with Gasteiger partial charge in [-0.05, 0) is 6.07 Å². The molecule has 0 radical (unpaired) electrons. The molecule has 1 aliphatic rings. The van der Waals surface area contributed by atoms with Gasteiger partial charge in [0.25, 0.3) is 0 Å². The monoisotopic (exact) mass is 257 g/mol. The summed E-state index contributed by atoms with van der Waals surface area (Å²) in [6.07, 6.45) is 0.920. The van der Waals surface area contributed by atoms with Crippen molar-refractivity contribution in [1.82, 2.24) is 0 Å². The van der Waals surface area contributed by atoms with Crippen LogP contribution >= 0.6 is 0 Å². The summed E-state index contributed by atoms with van der Waals surface area (Å²) in [6.45, 7) is 1.04. The molecule has 0 spiro atoms. The van der Waals surface area contributed by atoms with E-state index in [9.17, 15) is 13.6 Å². The summed E-state index contributed by atoms with van der Waals surface area (Å²) in [4.78, 5) is 11.8. The molecule has 1 saturated heterocycles. The molecule has 4 nitrogen and oxygen atoms in total. The molecule has 0 aliphatic carbocycles. The summed E-state index contributed by atoms with van der Waals surface area (Å²) >= 11 is 0. The maximum Gasteiger partial charge on any atom is 0.340 e. The molecule has 1 fully saturated rings. The maximum atomic E-state index is 13.0. The minimum absolute atomic E-state index is 0.133. The first kappa shape index (κ1) is 12.8. The third-order valence-corrected chi connectivity index (χ3v) is 2.75. The number of nitrogen functional groups attached to an aromatic ring is 1. The summed E-state index contributed by atoms with van der Waals surface area (Å²) in [7, 11) is 0. The van der Waals surface area contributed by atoms with Gasteiger partial charge in [0.05, 0.1) is 18.8 Å². The highest BCUT2D eigenvalue weighted by Gasteiger charge is 2.21. The van der Waals surface area contributed by atoms with Crippen LogP contribution in [0.2, 0.25) is 0 Å². The minimum Gasteiger partial charge on any atom is -0.459 e. The van der Waals surface area contributed by atoms with Gasteiger partial charge in [-0.3, -0.25) is 0 Å². The Balaban J connectivity index is 2.10. The Morgan fingerprint density at radius 3 is 2.56 bits per heavy atom. The van der Waals surface area contributed by atoms with E-state index in [1.54, 1.807) is 0 Å². The summed E-state index contributed by atoms with van der Waals surface area (Å²) in [6, 6.07) is 1.53. The molecule has 6 heteroatoms. The number of hydrogen-bond donors (Lipinski definition) is 1. The number of ether oxygens (including phenoxy) is 2. The molecule has 2 N–H and O–H groups in total. The highest BCUT2D eigenvalue weighted by molar-refractivity contribution is 5.95. The van der Waals surface area contributed by atoms with Crippen molar-refractivity contribution in [2.24, 2.45) is 0 Å². The van der Waals surface area contributed by atoms with Crippen molar-refractivity contribution >= 4 is 11.7 Å². The molecule has 1 heterocycles. The smallest absolute Gasteiger partial charge is 0.340 e. The van der Waals surface area contributed by atoms with E-state index in [-0.39, 0.29) is 17.4 Å². The first-order valence-electron chi connectivity index (χ1n) is 5.61. The van der Waals surface area contributed by atoms with E-state index in [1.807, 2.05) is 0 Å². The Labute approximate surface area is 103 Å². The van der Waals surface area contributed by atoms with Gasteiger partial charge in [0.2, 0.25) is 0 Å². The molecule has 98 valence electrons. The molecule has 1 aromatic rings.